The van der Waals surface area contributed by atoms with Crippen molar-refractivity contribution in [3.63, 3.8) is 0 Å². The van der Waals surface area contributed by atoms with Crippen molar-refractivity contribution in [2.45, 2.75) is 26.4 Å². The van der Waals surface area contributed by atoms with Crippen LogP contribution in [0.1, 0.15) is 31.3 Å². The average molecular weight is 277 g/mol. The lowest BCUT2D eigenvalue weighted by atomic mass is 10.2. The number of carboxylic acids is 1. The van der Waals surface area contributed by atoms with Gasteiger partial charge in [0, 0.05) is 5.39 Å². The summed E-state index contributed by atoms with van der Waals surface area (Å²) >= 11 is 0. The van der Waals surface area contributed by atoms with Gasteiger partial charge in [-0.15, -0.1) is 0 Å². The Hall–Kier alpha value is -2.50. The molecule has 6 heteroatoms. The lowest BCUT2D eigenvalue weighted by Gasteiger charge is -2.20. The van der Waals surface area contributed by atoms with Crippen LogP contribution < -0.4 is 0 Å². The van der Waals surface area contributed by atoms with Gasteiger partial charge in [-0.1, -0.05) is 6.07 Å². The topological polar surface area (TPSA) is 88.8 Å². The molecule has 0 aliphatic heterocycles. The van der Waals surface area contributed by atoms with Gasteiger partial charge in [0.05, 0.1) is 5.52 Å². The summed E-state index contributed by atoms with van der Waals surface area (Å²) < 4.78 is 6.15. The fourth-order valence-corrected chi connectivity index (χ4v) is 1.88. The Morgan fingerprint density at radius 3 is 2.45 bits per heavy atom. The number of rotatable bonds is 1. The zero-order valence-electron chi connectivity index (χ0n) is 11.4. The number of aromatic hydroxyl groups is 1. The van der Waals surface area contributed by atoms with Crippen molar-refractivity contribution in [1.29, 1.82) is 0 Å². The molecular formula is C14H15NO5. The minimum absolute atomic E-state index is 0.0905. The number of carbonyl (C=O) groups is 2. The first-order chi connectivity index (χ1) is 9.20. The second-order valence-corrected chi connectivity index (χ2v) is 5.36. The van der Waals surface area contributed by atoms with Crippen molar-refractivity contribution in [2.24, 2.45) is 0 Å². The van der Waals surface area contributed by atoms with E-state index in [0.29, 0.717) is 0 Å². The molecule has 2 aromatic rings. The maximum absolute atomic E-state index is 12.2. The molecule has 0 bridgehead atoms. The number of aromatic carboxylic acids is 1. The van der Waals surface area contributed by atoms with Crippen LogP contribution in [0.25, 0.3) is 10.9 Å². The number of aromatic nitrogens is 1. The first-order valence-electron chi connectivity index (χ1n) is 6.01. The van der Waals surface area contributed by atoms with Gasteiger partial charge < -0.3 is 14.9 Å². The molecule has 0 fully saturated rings. The van der Waals surface area contributed by atoms with E-state index < -0.39 is 17.7 Å². The third kappa shape index (κ3) is 2.45. The van der Waals surface area contributed by atoms with Crippen LogP contribution in [0.3, 0.4) is 0 Å². The van der Waals surface area contributed by atoms with Gasteiger partial charge >= 0.3 is 12.1 Å². The first kappa shape index (κ1) is 13.9. The summed E-state index contributed by atoms with van der Waals surface area (Å²) in [6.07, 6.45) is -0.796. The van der Waals surface area contributed by atoms with Crippen molar-refractivity contribution in [1.82, 2.24) is 4.57 Å². The van der Waals surface area contributed by atoms with Crippen molar-refractivity contribution in [3.05, 3.63) is 30.0 Å². The number of fused-ring (bicyclic) bond motifs is 1. The van der Waals surface area contributed by atoms with Gasteiger partial charge in [0.2, 0.25) is 0 Å². The van der Waals surface area contributed by atoms with Crippen LogP contribution in [0.5, 0.6) is 5.75 Å². The molecule has 0 radical (unpaired) electrons. The number of phenolic OH excluding ortho intramolecular Hbond substituents is 1. The normalized spacial score (nSPS) is 11.6. The first-order valence-corrected chi connectivity index (χ1v) is 6.01. The Kier molecular flexibility index (Phi) is 3.17. The van der Waals surface area contributed by atoms with E-state index in [1.54, 1.807) is 26.8 Å². The van der Waals surface area contributed by atoms with Crippen molar-refractivity contribution in [3.8, 4) is 5.75 Å². The molecule has 1 aromatic heterocycles. The molecule has 0 aliphatic rings. The van der Waals surface area contributed by atoms with Crippen LogP contribution in [0.15, 0.2) is 24.3 Å². The molecule has 0 unspecified atom stereocenters. The standard InChI is InChI=1S/C14H15NO5/c1-14(2,3)20-13(19)15-9-5-4-6-11(16)8(9)7-10(15)12(17)18/h4-7,16H,1-3H3,(H,17,18). The highest BCUT2D eigenvalue weighted by molar-refractivity contribution is 6.02. The predicted molar refractivity (Wildman–Crippen MR) is 72.2 cm³/mol. The van der Waals surface area contributed by atoms with Crippen molar-refractivity contribution >= 4 is 23.0 Å². The van der Waals surface area contributed by atoms with E-state index in [4.69, 9.17) is 4.74 Å². The van der Waals surface area contributed by atoms with E-state index in [0.717, 1.165) is 4.57 Å². The third-order valence-corrected chi connectivity index (χ3v) is 2.62. The molecule has 0 spiro atoms. The molecule has 2 N–H and O–H groups in total. The number of carbonyl (C=O) groups excluding carboxylic acids is 1. The number of carboxylic acid groups (broad SMARTS) is 1. The van der Waals surface area contributed by atoms with Crippen LogP contribution in [0.4, 0.5) is 4.79 Å². The summed E-state index contributed by atoms with van der Waals surface area (Å²) in [5.74, 6) is -1.36. The van der Waals surface area contributed by atoms with E-state index in [2.05, 4.69) is 0 Å². The van der Waals surface area contributed by atoms with Crippen LogP contribution in [0, 0.1) is 0 Å². The fourth-order valence-electron chi connectivity index (χ4n) is 1.88. The number of hydrogen-bond donors (Lipinski definition) is 2. The van der Waals surface area contributed by atoms with Crippen LogP contribution in [-0.4, -0.2) is 32.4 Å². The van der Waals surface area contributed by atoms with E-state index >= 15 is 0 Å². The Morgan fingerprint density at radius 2 is 1.90 bits per heavy atom. The number of benzene rings is 1. The van der Waals surface area contributed by atoms with Gasteiger partial charge in [0.1, 0.15) is 17.0 Å². The Morgan fingerprint density at radius 1 is 1.25 bits per heavy atom. The maximum Gasteiger partial charge on any atom is 0.419 e. The second kappa shape index (κ2) is 4.56. The monoisotopic (exact) mass is 277 g/mol. The zero-order chi connectivity index (χ0) is 15.1. The molecule has 0 atom stereocenters. The predicted octanol–water partition coefficient (Wildman–Crippen LogP) is 2.83. The highest BCUT2D eigenvalue weighted by Gasteiger charge is 2.25. The molecule has 0 aliphatic carbocycles. The van der Waals surface area contributed by atoms with Gasteiger partial charge in [-0.3, -0.25) is 0 Å². The number of ether oxygens (including phenoxy) is 1. The van der Waals surface area contributed by atoms with Crippen LogP contribution in [0.2, 0.25) is 0 Å². The minimum Gasteiger partial charge on any atom is -0.507 e. The van der Waals surface area contributed by atoms with E-state index in [9.17, 15) is 19.8 Å². The average Bonchev–Trinajstić information content (AvgIpc) is 2.67. The highest BCUT2D eigenvalue weighted by atomic mass is 16.6. The Bertz CT molecular complexity index is 693. The van der Waals surface area contributed by atoms with Gasteiger partial charge in [-0.2, -0.15) is 0 Å². The fraction of sp³-hybridized carbons (Fsp3) is 0.286. The number of nitrogens with zero attached hydrogens (tertiary/aromatic N) is 1. The summed E-state index contributed by atoms with van der Waals surface area (Å²) in [5, 5.41) is 19.2. The summed E-state index contributed by atoms with van der Waals surface area (Å²) in [5.41, 5.74) is -0.715. The molecule has 1 heterocycles. The van der Waals surface area contributed by atoms with Gasteiger partial charge in [-0.25, -0.2) is 14.2 Å². The van der Waals surface area contributed by atoms with Gasteiger partial charge in [0.15, 0.2) is 0 Å². The molecule has 106 valence electrons. The van der Waals surface area contributed by atoms with Gasteiger partial charge in [0.25, 0.3) is 0 Å². The zero-order valence-corrected chi connectivity index (χ0v) is 11.4. The number of hydrogen-bond acceptors (Lipinski definition) is 4. The molecule has 2 rings (SSSR count). The largest absolute Gasteiger partial charge is 0.507 e. The third-order valence-electron chi connectivity index (χ3n) is 2.62. The molecule has 0 saturated carbocycles. The smallest absolute Gasteiger partial charge is 0.419 e. The highest BCUT2D eigenvalue weighted by Crippen LogP contribution is 2.28. The quantitative estimate of drug-likeness (QED) is 0.836. The molecule has 0 saturated heterocycles. The summed E-state index contributed by atoms with van der Waals surface area (Å²) in [6.45, 7) is 5.07. The lowest BCUT2D eigenvalue weighted by Crippen LogP contribution is -2.28. The Labute approximate surface area is 115 Å². The van der Waals surface area contributed by atoms with Crippen molar-refractivity contribution in [2.75, 3.05) is 0 Å². The summed E-state index contributed by atoms with van der Waals surface area (Å²) in [4.78, 5) is 23.4. The lowest BCUT2D eigenvalue weighted by molar-refractivity contribution is 0.0513. The summed E-state index contributed by atoms with van der Waals surface area (Å²) in [6, 6.07) is 5.75. The maximum atomic E-state index is 12.2. The van der Waals surface area contributed by atoms with E-state index in [-0.39, 0.29) is 22.3 Å². The number of phenols is 1. The molecular weight excluding hydrogens is 262 g/mol. The SMILES string of the molecule is CC(C)(C)OC(=O)n1c(C(=O)O)cc2c(O)cccc21. The van der Waals surface area contributed by atoms with Crippen molar-refractivity contribution < 1.29 is 24.5 Å². The molecule has 1 aromatic carbocycles. The van der Waals surface area contributed by atoms with E-state index in [1.807, 2.05) is 0 Å². The molecule has 20 heavy (non-hydrogen) atoms. The Balaban J connectivity index is 2.67. The minimum atomic E-state index is -1.27. The van der Waals surface area contributed by atoms with Crippen LogP contribution >= 0.6 is 0 Å². The molecule has 0 amide bonds. The summed E-state index contributed by atoms with van der Waals surface area (Å²) in [7, 11) is 0. The van der Waals surface area contributed by atoms with E-state index in [1.165, 1.54) is 18.2 Å². The van der Waals surface area contributed by atoms with Crippen LogP contribution in [-0.2, 0) is 4.74 Å². The van der Waals surface area contributed by atoms with Gasteiger partial charge in [-0.05, 0) is 39.0 Å². The second-order valence-electron chi connectivity index (χ2n) is 5.36. The molecule has 6 nitrogen and oxygen atoms in total.